The van der Waals surface area contributed by atoms with Gasteiger partial charge in [0.1, 0.15) is 0 Å². The van der Waals surface area contributed by atoms with E-state index in [2.05, 4.69) is 13.8 Å². The lowest BCUT2D eigenvalue weighted by molar-refractivity contribution is -0.0134. The maximum absolute atomic E-state index is 10.4. The molecule has 74 valence electrons. The second-order valence-corrected chi connectivity index (χ2v) is 6.60. The van der Waals surface area contributed by atoms with Gasteiger partial charge in [0, 0.05) is 0 Å². The van der Waals surface area contributed by atoms with Crippen molar-refractivity contribution in [3.63, 3.8) is 0 Å². The predicted molar refractivity (Wildman–Crippen MR) is 52.3 cm³/mol. The first-order chi connectivity index (χ1) is 5.98. The Bertz CT molecular complexity index is 246. The van der Waals surface area contributed by atoms with E-state index in [-0.39, 0.29) is 5.60 Å². The maximum Gasteiger partial charge on any atom is 0.0658 e. The minimum atomic E-state index is -0.274. The highest BCUT2D eigenvalue weighted by Crippen LogP contribution is 2.63. The largest absolute Gasteiger partial charge is 0.390 e. The van der Waals surface area contributed by atoms with Gasteiger partial charge in [0.2, 0.25) is 0 Å². The van der Waals surface area contributed by atoms with E-state index in [4.69, 9.17) is 0 Å². The summed E-state index contributed by atoms with van der Waals surface area (Å²) in [5, 5.41) is 10.4. The molecule has 3 fully saturated rings. The molecule has 0 spiro atoms. The van der Waals surface area contributed by atoms with Gasteiger partial charge in [-0.15, -0.1) is 0 Å². The molecule has 0 amide bonds. The van der Waals surface area contributed by atoms with Crippen molar-refractivity contribution in [1.29, 1.82) is 0 Å². The third-order valence-electron chi connectivity index (χ3n) is 4.70. The molecule has 13 heavy (non-hydrogen) atoms. The molecule has 0 aromatic carbocycles. The third-order valence-corrected chi connectivity index (χ3v) is 4.70. The van der Waals surface area contributed by atoms with Crippen LogP contribution in [0.1, 0.15) is 46.0 Å². The number of rotatable bonds is 0. The van der Waals surface area contributed by atoms with Gasteiger partial charge >= 0.3 is 0 Å². The van der Waals surface area contributed by atoms with Gasteiger partial charge < -0.3 is 5.11 Å². The standard InChI is InChI=1S/C12H20O/c1-11(2)4-8-3-9-5-12(13,7-11)6-10(8)9/h8-10,13H,3-7H2,1-2H3. The Hall–Kier alpha value is -0.0400. The summed E-state index contributed by atoms with van der Waals surface area (Å²) in [5.74, 6) is 2.74. The van der Waals surface area contributed by atoms with E-state index >= 15 is 0 Å². The molecular weight excluding hydrogens is 160 g/mol. The lowest BCUT2D eigenvalue weighted by atomic mass is 9.60. The van der Waals surface area contributed by atoms with E-state index in [0.717, 1.165) is 37.0 Å². The topological polar surface area (TPSA) is 20.2 Å². The molecule has 3 aliphatic rings. The lowest BCUT2D eigenvalue weighted by Crippen LogP contribution is -2.38. The Morgan fingerprint density at radius 3 is 2.54 bits per heavy atom. The van der Waals surface area contributed by atoms with E-state index in [1.165, 1.54) is 12.8 Å². The van der Waals surface area contributed by atoms with Crippen molar-refractivity contribution in [2.45, 2.75) is 51.6 Å². The van der Waals surface area contributed by atoms with Gasteiger partial charge in [-0.05, 0) is 55.3 Å². The maximum atomic E-state index is 10.4. The molecule has 3 aliphatic carbocycles. The molecule has 0 aliphatic heterocycles. The zero-order valence-electron chi connectivity index (χ0n) is 8.71. The van der Waals surface area contributed by atoms with Crippen LogP contribution in [0.3, 0.4) is 0 Å². The fourth-order valence-corrected chi connectivity index (χ4v) is 4.56. The fourth-order valence-electron chi connectivity index (χ4n) is 4.56. The summed E-state index contributed by atoms with van der Waals surface area (Å²) in [6.07, 6.45) is 6.04. The molecule has 2 bridgehead atoms. The van der Waals surface area contributed by atoms with Crippen molar-refractivity contribution in [3.05, 3.63) is 0 Å². The normalized spacial score (nSPS) is 57.0. The number of aliphatic hydroxyl groups is 1. The SMILES string of the molecule is CC1(C)CC2CC3CC(O)(CC23)C1. The summed E-state index contributed by atoms with van der Waals surface area (Å²) >= 11 is 0. The summed E-state index contributed by atoms with van der Waals surface area (Å²) in [6, 6.07) is 0. The Morgan fingerprint density at radius 1 is 1.08 bits per heavy atom. The second kappa shape index (κ2) is 2.13. The molecule has 3 rings (SSSR count). The number of fused-ring (bicyclic) bond motifs is 1. The van der Waals surface area contributed by atoms with E-state index in [9.17, 15) is 5.11 Å². The van der Waals surface area contributed by atoms with Gasteiger partial charge in [0.15, 0.2) is 0 Å². The Balaban J connectivity index is 1.93. The summed E-state index contributed by atoms with van der Waals surface area (Å²) in [6.45, 7) is 4.66. The van der Waals surface area contributed by atoms with Crippen LogP contribution in [-0.2, 0) is 0 Å². The molecular formula is C12H20O. The van der Waals surface area contributed by atoms with Crippen LogP contribution in [0.2, 0.25) is 0 Å². The monoisotopic (exact) mass is 180 g/mol. The fraction of sp³-hybridized carbons (Fsp3) is 1.00. The average molecular weight is 180 g/mol. The molecule has 1 heteroatoms. The van der Waals surface area contributed by atoms with E-state index in [1.54, 1.807) is 0 Å². The van der Waals surface area contributed by atoms with Crippen molar-refractivity contribution in [2.24, 2.45) is 23.2 Å². The summed E-state index contributed by atoms with van der Waals surface area (Å²) in [5.41, 5.74) is 0.115. The minimum Gasteiger partial charge on any atom is -0.390 e. The van der Waals surface area contributed by atoms with Gasteiger partial charge in [-0.25, -0.2) is 0 Å². The van der Waals surface area contributed by atoms with E-state index in [0.29, 0.717) is 5.41 Å². The van der Waals surface area contributed by atoms with Crippen LogP contribution in [0, 0.1) is 23.2 Å². The zero-order chi connectivity index (χ0) is 9.27. The Labute approximate surface area is 80.5 Å². The quantitative estimate of drug-likeness (QED) is 0.607. The molecule has 4 unspecified atom stereocenters. The zero-order valence-corrected chi connectivity index (χ0v) is 8.71. The summed E-state index contributed by atoms with van der Waals surface area (Å²) < 4.78 is 0. The molecule has 0 saturated heterocycles. The number of hydrogen-bond acceptors (Lipinski definition) is 1. The highest BCUT2D eigenvalue weighted by molar-refractivity contribution is 5.08. The van der Waals surface area contributed by atoms with Gasteiger partial charge in [-0.2, -0.15) is 0 Å². The molecule has 0 radical (unpaired) electrons. The first kappa shape index (κ1) is 8.28. The predicted octanol–water partition coefficient (Wildman–Crippen LogP) is 2.58. The average Bonchev–Trinajstić information content (AvgIpc) is 2.14. The highest BCUT2D eigenvalue weighted by atomic mass is 16.3. The summed E-state index contributed by atoms with van der Waals surface area (Å²) in [4.78, 5) is 0. The van der Waals surface area contributed by atoms with Crippen LogP contribution in [-0.4, -0.2) is 10.7 Å². The highest BCUT2D eigenvalue weighted by Gasteiger charge is 2.58. The van der Waals surface area contributed by atoms with Crippen LogP contribution < -0.4 is 0 Å². The van der Waals surface area contributed by atoms with E-state index < -0.39 is 0 Å². The van der Waals surface area contributed by atoms with Crippen molar-refractivity contribution in [2.75, 3.05) is 0 Å². The minimum absolute atomic E-state index is 0.274. The van der Waals surface area contributed by atoms with Crippen molar-refractivity contribution in [1.82, 2.24) is 0 Å². The number of hydrogen-bond donors (Lipinski definition) is 1. The van der Waals surface area contributed by atoms with Crippen LogP contribution >= 0.6 is 0 Å². The van der Waals surface area contributed by atoms with Crippen molar-refractivity contribution in [3.8, 4) is 0 Å². The van der Waals surface area contributed by atoms with Crippen molar-refractivity contribution >= 4 is 0 Å². The molecule has 0 aromatic heterocycles. The third kappa shape index (κ3) is 1.09. The molecule has 0 heterocycles. The van der Waals surface area contributed by atoms with Crippen LogP contribution in [0.4, 0.5) is 0 Å². The lowest BCUT2D eigenvalue weighted by Gasteiger charge is -2.45. The van der Waals surface area contributed by atoms with Crippen LogP contribution in [0.25, 0.3) is 0 Å². The van der Waals surface area contributed by atoms with Gasteiger partial charge in [0.25, 0.3) is 0 Å². The first-order valence-corrected chi connectivity index (χ1v) is 5.70. The molecule has 0 aromatic rings. The van der Waals surface area contributed by atoms with Crippen molar-refractivity contribution < 1.29 is 5.11 Å². The first-order valence-electron chi connectivity index (χ1n) is 5.70. The molecule has 3 saturated carbocycles. The Kier molecular flexibility index (Phi) is 1.36. The van der Waals surface area contributed by atoms with Crippen LogP contribution in [0.5, 0.6) is 0 Å². The second-order valence-electron chi connectivity index (χ2n) is 6.60. The van der Waals surface area contributed by atoms with Gasteiger partial charge in [0.05, 0.1) is 5.60 Å². The van der Waals surface area contributed by atoms with Gasteiger partial charge in [-0.1, -0.05) is 13.8 Å². The summed E-state index contributed by atoms with van der Waals surface area (Å²) in [7, 11) is 0. The molecule has 1 N–H and O–H groups in total. The smallest absolute Gasteiger partial charge is 0.0658 e. The van der Waals surface area contributed by atoms with Crippen LogP contribution in [0.15, 0.2) is 0 Å². The molecule has 4 atom stereocenters. The molecule has 1 nitrogen and oxygen atoms in total. The Morgan fingerprint density at radius 2 is 1.77 bits per heavy atom. The van der Waals surface area contributed by atoms with E-state index in [1.807, 2.05) is 0 Å². The van der Waals surface area contributed by atoms with Gasteiger partial charge in [-0.3, -0.25) is 0 Å².